The van der Waals surface area contributed by atoms with Crippen LogP contribution in [0.5, 0.6) is 0 Å². The molecule has 2 aromatic carbocycles. The molecular formula is C23H25ClN2. The van der Waals surface area contributed by atoms with Gasteiger partial charge in [0.1, 0.15) is 0 Å². The molecule has 0 N–H and O–H groups in total. The Morgan fingerprint density at radius 1 is 1.04 bits per heavy atom. The van der Waals surface area contributed by atoms with E-state index in [1.165, 1.54) is 27.5 Å². The summed E-state index contributed by atoms with van der Waals surface area (Å²) in [5, 5.41) is 2.50. The Morgan fingerprint density at radius 3 is 2.54 bits per heavy atom. The second-order valence-corrected chi connectivity index (χ2v) is 6.76. The van der Waals surface area contributed by atoms with Crippen LogP contribution in [0.1, 0.15) is 24.6 Å². The Kier molecular flexibility index (Phi) is 5.75. The van der Waals surface area contributed by atoms with Crippen LogP contribution in [0, 0.1) is 6.92 Å². The van der Waals surface area contributed by atoms with E-state index < -0.39 is 0 Å². The summed E-state index contributed by atoms with van der Waals surface area (Å²) in [5.41, 5.74) is 6.11. The van der Waals surface area contributed by atoms with Crippen molar-refractivity contribution in [3.8, 4) is 11.3 Å². The van der Waals surface area contributed by atoms with E-state index in [4.69, 9.17) is 4.98 Å². The lowest BCUT2D eigenvalue weighted by Gasteiger charge is -2.25. The molecule has 26 heavy (non-hydrogen) atoms. The highest BCUT2D eigenvalue weighted by Gasteiger charge is 2.15. The van der Waals surface area contributed by atoms with Gasteiger partial charge in [0.25, 0.3) is 0 Å². The average Bonchev–Trinajstić information content (AvgIpc) is 2.68. The van der Waals surface area contributed by atoms with Crippen molar-refractivity contribution in [1.29, 1.82) is 0 Å². The molecule has 1 aliphatic heterocycles. The van der Waals surface area contributed by atoms with Crippen molar-refractivity contribution in [2.45, 2.75) is 20.3 Å². The van der Waals surface area contributed by atoms with Crippen molar-refractivity contribution >= 4 is 28.8 Å². The highest BCUT2D eigenvalue weighted by Crippen LogP contribution is 2.32. The van der Waals surface area contributed by atoms with Crippen molar-refractivity contribution in [1.82, 2.24) is 9.88 Å². The monoisotopic (exact) mass is 364 g/mol. The van der Waals surface area contributed by atoms with E-state index >= 15 is 0 Å². The quantitative estimate of drug-likeness (QED) is 0.589. The first-order valence-corrected chi connectivity index (χ1v) is 9.14. The van der Waals surface area contributed by atoms with Crippen LogP contribution in [-0.4, -0.2) is 29.5 Å². The van der Waals surface area contributed by atoms with Gasteiger partial charge in [0.05, 0.1) is 11.4 Å². The molecular weight excluding hydrogens is 340 g/mol. The zero-order valence-corrected chi connectivity index (χ0v) is 16.2. The van der Waals surface area contributed by atoms with Crippen LogP contribution in [0.4, 0.5) is 0 Å². The molecule has 3 heteroatoms. The second kappa shape index (κ2) is 8.03. The topological polar surface area (TPSA) is 16.1 Å². The van der Waals surface area contributed by atoms with Gasteiger partial charge >= 0.3 is 0 Å². The van der Waals surface area contributed by atoms with Crippen LogP contribution < -0.4 is 0 Å². The molecule has 2 heterocycles. The lowest BCUT2D eigenvalue weighted by molar-refractivity contribution is 0.318. The van der Waals surface area contributed by atoms with Crippen LogP contribution in [0.25, 0.3) is 27.6 Å². The maximum Gasteiger partial charge on any atom is 0.0790 e. The summed E-state index contributed by atoms with van der Waals surface area (Å²) in [7, 11) is 0. The summed E-state index contributed by atoms with van der Waals surface area (Å²) in [6, 6.07) is 19.4. The smallest absolute Gasteiger partial charge is 0.0790 e. The van der Waals surface area contributed by atoms with Crippen molar-refractivity contribution in [2.75, 3.05) is 19.6 Å². The first kappa shape index (κ1) is 18.6. The number of hydrogen-bond donors (Lipinski definition) is 0. The van der Waals surface area contributed by atoms with Gasteiger partial charge in [-0.25, -0.2) is 4.98 Å². The van der Waals surface area contributed by atoms with Gasteiger partial charge in [-0.05, 0) is 42.5 Å². The molecule has 0 atom stereocenters. The average molecular weight is 365 g/mol. The van der Waals surface area contributed by atoms with Crippen LogP contribution in [0.15, 0.2) is 60.7 Å². The maximum absolute atomic E-state index is 5.12. The van der Waals surface area contributed by atoms with Crippen molar-refractivity contribution in [3.05, 3.63) is 71.9 Å². The Hall–Kier alpha value is -2.16. The van der Waals surface area contributed by atoms with E-state index in [1.54, 1.807) is 0 Å². The van der Waals surface area contributed by atoms with E-state index in [0.717, 1.165) is 37.4 Å². The number of hydrogen-bond acceptors (Lipinski definition) is 2. The summed E-state index contributed by atoms with van der Waals surface area (Å²) in [6.07, 6.45) is 3.43. The molecule has 2 nitrogen and oxygen atoms in total. The minimum atomic E-state index is 0. The van der Waals surface area contributed by atoms with E-state index in [9.17, 15) is 0 Å². The summed E-state index contributed by atoms with van der Waals surface area (Å²) in [5.74, 6) is 0. The summed E-state index contributed by atoms with van der Waals surface area (Å²) < 4.78 is 0. The van der Waals surface area contributed by atoms with Crippen LogP contribution >= 0.6 is 12.4 Å². The third kappa shape index (κ3) is 3.53. The molecule has 0 radical (unpaired) electrons. The number of rotatable bonds is 3. The fourth-order valence-corrected chi connectivity index (χ4v) is 3.64. The number of aromatic nitrogens is 1. The molecule has 0 aliphatic carbocycles. The third-order valence-electron chi connectivity index (χ3n) is 5.21. The Bertz CT molecular complexity index is 946. The van der Waals surface area contributed by atoms with Gasteiger partial charge in [-0.3, -0.25) is 4.90 Å². The fraction of sp³-hybridized carbons (Fsp3) is 0.261. The number of halogens is 1. The SMILES string of the molecule is CCN1CC=C(c2cc3ccccc3c(-c3ccccc3C)n2)CC1.Cl. The van der Waals surface area contributed by atoms with Crippen molar-refractivity contribution in [2.24, 2.45) is 0 Å². The van der Waals surface area contributed by atoms with E-state index in [0.29, 0.717) is 0 Å². The molecule has 134 valence electrons. The van der Waals surface area contributed by atoms with Crippen LogP contribution in [0.2, 0.25) is 0 Å². The predicted octanol–water partition coefficient (Wildman–Crippen LogP) is 5.74. The van der Waals surface area contributed by atoms with Gasteiger partial charge in [-0.15, -0.1) is 12.4 Å². The third-order valence-corrected chi connectivity index (χ3v) is 5.21. The molecule has 0 bridgehead atoms. The molecule has 0 amide bonds. The van der Waals surface area contributed by atoms with E-state index in [1.807, 2.05) is 0 Å². The molecule has 3 aromatic rings. The number of aryl methyl sites for hydroxylation is 1. The number of pyridine rings is 1. The predicted molar refractivity (Wildman–Crippen MR) is 114 cm³/mol. The normalized spacial score (nSPS) is 14.8. The van der Waals surface area contributed by atoms with Crippen LogP contribution in [-0.2, 0) is 0 Å². The zero-order chi connectivity index (χ0) is 17.2. The summed E-state index contributed by atoms with van der Waals surface area (Å²) in [4.78, 5) is 7.58. The second-order valence-electron chi connectivity index (χ2n) is 6.76. The summed E-state index contributed by atoms with van der Waals surface area (Å²) >= 11 is 0. The largest absolute Gasteiger partial charge is 0.300 e. The van der Waals surface area contributed by atoms with Crippen molar-refractivity contribution < 1.29 is 0 Å². The summed E-state index contributed by atoms with van der Waals surface area (Å²) in [6.45, 7) is 7.65. The fourth-order valence-electron chi connectivity index (χ4n) is 3.64. The number of nitrogens with zero attached hydrogens (tertiary/aromatic N) is 2. The minimum absolute atomic E-state index is 0. The number of benzene rings is 2. The van der Waals surface area contributed by atoms with Gasteiger partial charge in [0, 0.05) is 24.0 Å². The number of fused-ring (bicyclic) bond motifs is 1. The Balaban J connectivity index is 0.00000196. The maximum atomic E-state index is 5.12. The van der Waals surface area contributed by atoms with Gasteiger partial charge in [0.2, 0.25) is 0 Å². The molecule has 0 fully saturated rings. The molecule has 1 aromatic heterocycles. The van der Waals surface area contributed by atoms with Gasteiger partial charge < -0.3 is 0 Å². The number of likely N-dealkylation sites (N-methyl/N-ethyl adjacent to an activating group) is 1. The highest BCUT2D eigenvalue weighted by molar-refractivity contribution is 5.96. The van der Waals surface area contributed by atoms with Crippen molar-refractivity contribution in [3.63, 3.8) is 0 Å². The van der Waals surface area contributed by atoms with Crippen LogP contribution in [0.3, 0.4) is 0 Å². The first-order valence-electron chi connectivity index (χ1n) is 9.14. The standard InChI is InChI=1S/C23H24N2.ClH/c1-3-25-14-12-18(13-15-25)22-16-19-9-5-7-11-21(19)23(24-22)20-10-6-4-8-17(20)2;/h4-12,16H,3,13-15H2,1-2H3;1H. The molecule has 0 unspecified atom stereocenters. The van der Waals surface area contributed by atoms with E-state index in [-0.39, 0.29) is 12.4 Å². The first-order chi connectivity index (χ1) is 12.3. The van der Waals surface area contributed by atoms with E-state index in [2.05, 4.69) is 79.4 Å². The Morgan fingerprint density at radius 2 is 1.81 bits per heavy atom. The molecule has 0 spiro atoms. The zero-order valence-electron chi connectivity index (χ0n) is 15.4. The van der Waals surface area contributed by atoms with Gasteiger partial charge in [-0.2, -0.15) is 0 Å². The molecule has 1 aliphatic rings. The lowest BCUT2D eigenvalue weighted by Crippen LogP contribution is -2.28. The Labute approximate surface area is 162 Å². The van der Waals surface area contributed by atoms with Gasteiger partial charge in [-0.1, -0.05) is 61.5 Å². The molecule has 0 saturated heterocycles. The molecule has 0 saturated carbocycles. The van der Waals surface area contributed by atoms with Gasteiger partial charge in [0.15, 0.2) is 0 Å². The molecule has 4 rings (SSSR count). The highest BCUT2D eigenvalue weighted by atomic mass is 35.5. The minimum Gasteiger partial charge on any atom is -0.300 e. The lowest BCUT2D eigenvalue weighted by atomic mass is 9.97.